The highest BCUT2D eigenvalue weighted by atomic mass is 32.2. The van der Waals surface area contributed by atoms with Gasteiger partial charge in [0.1, 0.15) is 22.3 Å². The lowest BCUT2D eigenvalue weighted by atomic mass is 10.1. The number of hydrogen-bond donors (Lipinski definition) is 1. The van der Waals surface area contributed by atoms with E-state index < -0.39 is 15.9 Å². The molecule has 0 amide bonds. The number of aryl methyl sites for hydroxylation is 1. The Hall–Kier alpha value is -2.60. The highest BCUT2D eigenvalue weighted by molar-refractivity contribution is 7.85. The molecule has 4 heterocycles. The Labute approximate surface area is 185 Å². The highest BCUT2D eigenvalue weighted by Crippen LogP contribution is 2.48. The molecule has 32 heavy (non-hydrogen) atoms. The molecule has 6 rings (SSSR count). The fourth-order valence-electron chi connectivity index (χ4n) is 4.91. The fourth-order valence-corrected chi connectivity index (χ4v) is 5.38. The van der Waals surface area contributed by atoms with Crippen molar-refractivity contribution in [3.05, 3.63) is 42.5 Å². The minimum Gasteiger partial charge on any atom is -0.744 e. The Balaban J connectivity index is 0.000000168. The van der Waals surface area contributed by atoms with E-state index >= 15 is 0 Å². The second-order valence-corrected chi connectivity index (χ2v) is 10.4. The number of aromatic nitrogens is 4. The molecule has 0 spiro atoms. The molecule has 3 aliphatic rings. The smallest absolute Gasteiger partial charge is 0.261 e. The van der Waals surface area contributed by atoms with Crippen LogP contribution in [0.5, 0.6) is 0 Å². The van der Waals surface area contributed by atoms with E-state index in [1.807, 2.05) is 33.4 Å². The van der Waals surface area contributed by atoms with Crippen LogP contribution < -0.4 is 10.3 Å². The predicted molar refractivity (Wildman–Crippen MR) is 112 cm³/mol. The van der Waals surface area contributed by atoms with Gasteiger partial charge in [0.2, 0.25) is 12.1 Å². The van der Waals surface area contributed by atoms with Crippen molar-refractivity contribution in [2.45, 2.75) is 62.7 Å². The molecule has 1 saturated carbocycles. The SMILES string of the molecule is CC1(C)OC2C3CC(C2O1)n1cnc2c(N)nc[n+](c21)C3.Cc1ccc(S(=O)(=O)[O-])cc1. The summed E-state index contributed by atoms with van der Waals surface area (Å²) < 4.78 is 47.8. The molecule has 11 heteroatoms. The minimum absolute atomic E-state index is 0.0885. The van der Waals surface area contributed by atoms with Crippen LogP contribution >= 0.6 is 0 Å². The molecule has 3 aromatic rings. The van der Waals surface area contributed by atoms with Crippen molar-refractivity contribution in [3.63, 3.8) is 0 Å². The molecule has 2 aliphatic heterocycles. The fraction of sp³-hybridized carbons (Fsp3) is 0.476. The first-order valence-electron chi connectivity index (χ1n) is 10.4. The lowest BCUT2D eigenvalue weighted by Gasteiger charge is -2.21. The molecule has 1 aliphatic carbocycles. The van der Waals surface area contributed by atoms with Crippen LogP contribution in [0, 0.1) is 12.8 Å². The monoisotopic (exact) mass is 459 g/mol. The number of ether oxygens (including phenoxy) is 2. The number of imidazole rings is 1. The van der Waals surface area contributed by atoms with Gasteiger partial charge >= 0.3 is 0 Å². The molecule has 0 radical (unpaired) electrons. The van der Waals surface area contributed by atoms with Crippen LogP contribution in [0.2, 0.25) is 0 Å². The van der Waals surface area contributed by atoms with Crippen molar-refractivity contribution in [1.29, 1.82) is 0 Å². The Kier molecular flexibility index (Phi) is 4.79. The maximum absolute atomic E-state index is 10.4. The number of fused-ring (bicyclic) bond motifs is 6. The Bertz CT molecular complexity index is 1290. The lowest BCUT2D eigenvalue weighted by molar-refractivity contribution is -0.683. The van der Waals surface area contributed by atoms with Crippen LogP contribution in [0.4, 0.5) is 5.82 Å². The molecule has 10 nitrogen and oxygen atoms in total. The molecular weight excluding hydrogens is 434 g/mol. The first-order valence-corrected chi connectivity index (χ1v) is 11.8. The number of nitrogens with two attached hydrogens (primary N) is 1. The van der Waals surface area contributed by atoms with Crippen LogP contribution in [0.15, 0.2) is 41.8 Å². The third-order valence-electron chi connectivity index (χ3n) is 6.27. The molecule has 1 aromatic carbocycles. The average Bonchev–Trinajstić information content (AvgIpc) is 3.33. The maximum Gasteiger partial charge on any atom is 0.261 e. The van der Waals surface area contributed by atoms with Crippen molar-refractivity contribution in [1.82, 2.24) is 14.5 Å². The Morgan fingerprint density at radius 2 is 1.88 bits per heavy atom. The van der Waals surface area contributed by atoms with Crippen molar-refractivity contribution in [3.8, 4) is 0 Å². The van der Waals surface area contributed by atoms with Gasteiger partial charge < -0.3 is 19.8 Å². The average molecular weight is 460 g/mol. The van der Waals surface area contributed by atoms with Crippen LogP contribution in [0.25, 0.3) is 11.2 Å². The zero-order chi connectivity index (χ0) is 22.8. The normalized spacial score (nSPS) is 27.5. The third-order valence-corrected chi connectivity index (χ3v) is 7.12. The third kappa shape index (κ3) is 3.54. The number of anilines is 1. The Morgan fingerprint density at radius 1 is 1.19 bits per heavy atom. The van der Waals surface area contributed by atoms with Gasteiger partial charge in [-0.3, -0.25) is 0 Å². The van der Waals surface area contributed by atoms with E-state index in [4.69, 9.17) is 15.2 Å². The first-order chi connectivity index (χ1) is 15.0. The van der Waals surface area contributed by atoms with E-state index in [0.29, 0.717) is 11.7 Å². The van der Waals surface area contributed by atoms with Crippen LogP contribution in [0.1, 0.15) is 31.9 Å². The topological polar surface area (TPSA) is 136 Å². The summed E-state index contributed by atoms with van der Waals surface area (Å²) >= 11 is 0. The van der Waals surface area contributed by atoms with Crippen molar-refractivity contribution in [2.24, 2.45) is 5.92 Å². The van der Waals surface area contributed by atoms with Gasteiger partial charge in [0.25, 0.3) is 5.65 Å². The summed E-state index contributed by atoms with van der Waals surface area (Å²) in [6.07, 6.45) is 4.94. The predicted octanol–water partition coefficient (Wildman–Crippen LogP) is 1.29. The molecule has 2 aromatic heterocycles. The van der Waals surface area contributed by atoms with Gasteiger partial charge in [0, 0.05) is 5.92 Å². The number of benzene rings is 1. The second kappa shape index (κ2) is 7.20. The van der Waals surface area contributed by atoms with Crippen molar-refractivity contribution < 1.29 is 27.0 Å². The van der Waals surface area contributed by atoms with Crippen molar-refractivity contribution in [2.75, 3.05) is 5.73 Å². The van der Waals surface area contributed by atoms with Gasteiger partial charge in [0.05, 0.1) is 17.5 Å². The van der Waals surface area contributed by atoms with Gasteiger partial charge in [-0.15, -0.1) is 0 Å². The molecule has 2 N–H and O–H groups in total. The second-order valence-electron chi connectivity index (χ2n) is 9.00. The molecule has 2 bridgehead atoms. The molecular formula is C21H25N5O5S. The minimum atomic E-state index is -4.27. The molecule has 1 saturated heterocycles. The molecule has 170 valence electrons. The molecule has 2 fully saturated rings. The van der Waals surface area contributed by atoms with Gasteiger partial charge in [-0.1, -0.05) is 22.7 Å². The van der Waals surface area contributed by atoms with Crippen LogP contribution in [-0.2, 0) is 26.1 Å². The van der Waals surface area contributed by atoms with E-state index in [0.717, 1.165) is 29.7 Å². The van der Waals surface area contributed by atoms with E-state index in [-0.39, 0.29) is 23.1 Å². The van der Waals surface area contributed by atoms with Gasteiger partial charge in [-0.2, -0.15) is 0 Å². The summed E-state index contributed by atoms with van der Waals surface area (Å²) in [4.78, 5) is 8.54. The summed E-state index contributed by atoms with van der Waals surface area (Å²) in [6.45, 7) is 6.66. The zero-order valence-corrected chi connectivity index (χ0v) is 18.8. The number of rotatable bonds is 1. The Morgan fingerprint density at radius 3 is 2.56 bits per heavy atom. The molecule has 4 atom stereocenters. The van der Waals surface area contributed by atoms with Gasteiger partial charge in [-0.25, -0.2) is 22.5 Å². The van der Waals surface area contributed by atoms with Crippen molar-refractivity contribution >= 4 is 27.1 Å². The zero-order valence-electron chi connectivity index (χ0n) is 18.0. The number of hydrogen-bond acceptors (Lipinski definition) is 8. The van der Waals surface area contributed by atoms with Crippen LogP contribution in [0.3, 0.4) is 0 Å². The van der Waals surface area contributed by atoms with E-state index in [1.165, 1.54) is 12.1 Å². The quantitative estimate of drug-likeness (QED) is 0.425. The summed E-state index contributed by atoms with van der Waals surface area (Å²) in [5.41, 5.74) is 8.71. The largest absolute Gasteiger partial charge is 0.744 e. The summed E-state index contributed by atoms with van der Waals surface area (Å²) in [5.74, 6) is 0.406. The first kappa shape index (κ1) is 21.3. The highest BCUT2D eigenvalue weighted by Gasteiger charge is 2.57. The standard InChI is InChI=1S/C14H17N5O2.C7H8O3S/c1-14(2)20-10-7-3-8(11(10)21-14)19-6-16-9-12(15)17-5-18(4-7)13(9)19;1-6-2-4-7(5-3-6)11(8,9)10/h5-8,10-11,15H,3-4H2,1-2H3;2-5H,1H3,(H,8,9,10). The summed E-state index contributed by atoms with van der Waals surface area (Å²) in [5, 5.41) is 0. The summed E-state index contributed by atoms with van der Waals surface area (Å²) in [7, 11) is -4.27. The van der Waals surface area contributed by atoms with Gasteiger partial charge in [-0.05, 0) is 39.3 Å². The van der Waals surface area contributed by atoms with E-state index in [9.17, 15) is 13.0 Å². The lowest BCUT2D eigenvalue weighted by Crippen LogP contribution is -2.44. The maximum atomic E-state index is 10.4. The van der Waals surface area contributed by atoms with E-state index in [1.54, 1.807) is 12.1 Å². The number of nitrogens with zero attached hydrogens (tertiary/aromatic N) is 4. The van der Waals surface area contributed by atoms with Gasteiger partial charge in [0.15, 0.2) is 17.6 Å². The van der Waals surface area contributed by atoms with E-state index in [2.05, 4.69) is 19.1 Å². The molecule has 4 unspecified atom stereocenters. The van der Waals surface area contributed by atoms with Crippen LogP contribution in [-0.4, -0.2) is 45.5 Å². The summed E-state index contributed by atoms with van der Waals surface area (Å²) in [6, 6.07) is 6.03. The number of nitrogen functional groups attached to an aromatic ring is 1.